The first kappa shape index (κ1) is 13.8. The van der Waals surface area contributed by atoms with Gasteiger partial charge in [0.15, 0.2) is 10.8 Å². The molecule has 0 aliphatic rings. The van der Waals surface area contributed by atoms with E-state index in [0.29, 0.717) is 10.8 Å². The lowest BCUT2D eigenvalue weighted by Gasteiger charge is -2.03. The summed E-state index contributed by atoms with van der Waals surface area (Å²) >= 11 is 6.99. The van der Waals surface area contributed by atoms with Gasteiger partial charge in [-0.25, -0.2) is 14.2 Å². The zero-order chi connectivity index (χ0) is 14.0. The standard InChI is InChI=1S/C12H10ClFN2O2S/c1-6-10(11(17)18-2)16-12(19-6)15-7-3-4-9(14)8(13)5-7/h3-5H,1-2H3,(H,15,16). The van der Waals surface area contributed by atoms with Crippen molar-refractivity contribution in [2.75, 3.05) is 12.4 Å². The van der Waals surface area contributed by atoms with E-state index in [0.717, 1.165) is 4.88 Å². The zero-order valence-electron chi connectivity index (χ0n) is 10.2. The van der Waals surface area contributed by atoms with E-state index in [9.17, 15) is 9.18 Å². The number of thiazole rings is 1. The van der Waals surface area contributed by atoms with Crippen LogP contribution in [0.4, 0.5) is 15.2 Å². The highest BCUT2D eigenvalue weighted by Gasteiger charge is 2.15. The largest absolute Gasteiger partial charge is 0.464 e. The van der Waals surface area contributed by atoms with Crippen molar-refractivity contribution < 1.29 is 13.9 Å². The summed E-state index contributed by atoms with van der Waals surface area (Å²) in [5, 5.41) is 3.49. The third kappa shape index (κ3) is 3.02. The summed E-state index contributed by atoms with van der Waals surface area (Å²) in [5.74, 6) is -0.975. The number of ether oxygens (including phenoxy) is 1. The molecular weight excluding hydrogens is 291 g/mol. The van der Waals surface area contributed by atoms with Crippen LogP contribution in [0.15, 0.2) is 18.2 Å². The summed E-state index contributed by atoms with van der Waals surface area (Å²) in [5.41, 5.74) is 0.861. The number of nitrogens with one attached hydrogen (secondary N) is 1. The molecule has 100 valence electrons. The molecule has 0 aliphatic heterocycles. The Hall–Kier alpha value is -1.66. The van der Waals surface area contributed by atoms with Crippen LogP contribution in [0.3, 0.4) is 0 Å². The number of aromatic nitrogens is 1. The van der Waals surface area contributed by atoms with E-state index in [-0.39, 0.29) is 10.7 Å². The number of hydrogen-bond acceptors (Lipinski definition) is 5. The van der Waals surface area contributed by atoms with Gasteiger partial charge in [0.2, 0.25) is 0 Å². The average Bonchev–Trinajstić information content (AvgIpc) is 2.74. The first-order valence-electron chi connectivity index (χ1n) is 5.29. The Bertz CT molecular complexity index is 630. The second kappa shape index (κ2) is 5.54. The molecule has 0 amide bonds. The number of rotatable bonds is 3. The third-order valence-electron chi connectivity index (χ3n) is 2.35. The molecule has 0 aliphatic carbocycles. The molecule has 0 bridgehead atoms. The van der Waals surface area contributed by atoms with Crippen LogP contribution in [0.1, 0.15) is 15.4 Å². The first-order chi connectivity index (χ1) is 9.01. The summed E-state index contributed by atoms with van der Waals surface area (Å²) in [6.45, 7) is 1.77. The van der Waals surface area contributed by atoms with Crippen LogP contribution in [0, 0.1) is 12.7 Å². The van der Waals surface area contributed by atoms with Gasteiger partial charge in [-0.1, -0.05) is 11.6 Å². The molecule has 0 unspecified atom stereocenters. The predicted molar refractivity (Wildman–Crippen MR) is 72.9 cm³/mol. The second-order valence-corrected chi connectivity index (χ2v) is 5.28. The first-order valence-corrected chi connectivity index (χ1v) is 6.48. The van der Waals surface area contributed by atoms with Gasteiger partial charge in [0, 0.05) is 10.6 Å². The van der Waals surface area contributed by atoms with Gasteiger partial charge in [0.1, 0.15) is 5.82 Å². The maximum absolute atomic E-state index is 13.0. The van der Waals surface area contributed by atoms with E-state index in [1.807, 2.05) is 0 Å². The number of anilines is 2. The quantitative estimate of drug-likeness (QED) is 0.877. The Labute approximate surface area is 118 Å². The van der Waals surface area contributed by atoms with Crippen molar-refractivity contribution in [1.29, 1.82) is 0 Å². The minimum Gasteiger partial charge on any atom is -0.464 e. The molecule has 0 spiro atoms. The fourth-order valence-corrected chi connectivity index (χ4v) is 2.44. The summed E-state index contributed by atoms with van der Waals surface area (Å²) < 4.78 is 17.6. The molecule has 2 aromatic rings. The minimum atomic E-state index is -0.488. The summed E-state index contributed by atoms with van der Waals surface area (Å²) in [6.07, 6.45) is 0. The van der Waals surface area contributed by atoms with Crippen molar-refractivity contribution in [2.24, 2.45) is 0 Å². The van der Waals surface area contributed by atoms with Gasteiger partial charge >= 0.3 is 5.97 Å². The van der Waals surface area contributed by atoms with Crippen molar-refractivity contribution in [3.8, 4) is 0 Å². The molecule has 7 heteroatoms. The lowest BCUT2D eigenvalue weighted by atomic mass is 10.3. The Morgan fingerprint density at radius 3 is 2.89 bits per heavy atom. The van der Waals surface area contributed by atoms with Crippen LogP contribution in [0.5, 0.6) is 0 Å². The van der Waals surface area contributed by atoms with Gasteiger partial charge in [-0.05, 0) is 25.1 Å². The van der Waals surface area contributed by atoms with Crippen LogP contribution >= 0.6 is 22.9 Å². The fraction of sp³-hybridized carbons (Fsp3) is 0.167. The normalized spacial score (nSPS) is 10.3. The maximum Gasteiger partial charge on any atom is 0.357 e. The van der Waals surface area contributed by atoms with E-state index in [4.69, 9.17) is 11.6 Å². The lowest BCUT2D eigenvalue weighted by molar-refractivity contribution is 0.0594. The van der Waals surface area contributed by atoms with Crippen LogP contribution < -0.4 is 5.32 Å². The Morgan fingerprint density at radius 2 is 2.26 bits per heavy atom. The van der Waals surface area contributed by atoms with Gasteiger partial charge in [0.05, 0.1) is 12.1 Å². The van der Waals surface area contributed by atoms with Crippen molar-refractivity contribution in [2.45, 2.75) is 6.92 Å². The molecule has 0 saturated carbocycles. The number of carbonyl (C=O) groups is 1. The van der Waals surface area contributed by atoms with Gasteiger partial charge in [-0.15, -0.1) is 11.3 Å². The summed E-state index contributed by atoms with van der Waals surface area (Å²) in [4.78, 5) is 16.3. The predicted octanol–water partition coefficient (Wildman–Crippen LogP) is 3.77. The molecule has 19 heavy (non-hydrogen) atoms. The zero-order valence-corrected chi connectivity index (χ0v) is 11.7. The SMILES string of the molecule is COC(=O)c1nc(Nc2ccc(F)c(Cl)c2)sc1C. The number of nitrogens with zero attached hydrogens (tertiary/aromatic N) is 1. The second-order valence-electron chi connectivity index (χ2n) is 3.67. The van der Waals surface area contributed by atoms with E-state index in [2.05, 4.69) is 15.0 Å². The molecule has 1 heterocycles. The minimum absolute atomic E-state index is 0.0199. The third-order valence-corrected chi connectivity index (χ3v) is 3.52. The molecule has 0 fully saturated rings. The number of esters is 1. The molecule has 2 rings (SSSR count). The summed E-state index contributed by atoms with van der Waals surface area (Å²) in [7, 11) is 1.30. The van der Waals surface area contributed by atoms with E-state index in [1.165, 1.54) is 36.6 Å². The van der Waals surface area contributed by atoms with Gasteiger partial charge < -0.3 is 10.1 Å². The van der Waals surface area contributed by atoms with E-state index >= 15 is 0 Å². The van der Waals surface area contributed by atoms with Crippen LogP contribution in [-0.4, -0.2) is 18.1 Å². The highest BCUT2D eigenvalue weighted by Crippen LogP contribution is 2.27. The topological polar surface area (TPSA) is 51.2 Å². The molecular formula is C12H10ClFN2O2S. The molecule has 1 aromatic heterocycles. The molecule has 1 N–H and O–H groups in total. The molecule has 0 atom stereocenters. The van der Waals surface area contributed by atoms with Gasteiger partial charge in [-0.3, -0.25) is 0 Å². The number of halogens is 2. The number of methoxy groups -OCH3 is 1. The Balaban J connectivity index is 2.24. The van der Waals surface area contributed by atoms with Crippen LogP contribution in [-0.2, 0) is 4.74 Å². The van der Waals surface area contributed by atoms with Crippen molar-refractivity contribution in [1.82, 2.24) is 4.98 Å². The molecule has 1 aromatic carbocycles. The smallest absolute Gasteiger partial charge is 0.357 e. The molecule has 0 radical (unpaired) electrons. The Kier molecular flexibility index (Phi) is 4.01. The van der Waals surface area contributed by atoms with Crippen LogP contribution in [0.2, 0.25) is 5.02 Å². The van der Waals surface area contributed by atoms with Gasteiger partial charge in [0.25, 0.3) is 0 Å². The Morgan fingerprint density at radius 1 is 1.53 bits per heavy atom. The average molecular weight is 301 g/mol. The highest BCUT2D eigenvalue weighted by molar-refractivity contribution is 7.15. The van der Waals surface area contributed by atoms with Crippen LogP contribution in [0.25, 0.3) is 0 Å². The lowest BCUT2D eigenvalue weighted by Crippen LogP contribution is -2.03. The number of benzene rings is 1. The monoisotopic (exact) mass is 300 g/mol. The highest BCUT2D eigenvalue weighted by atomic mass is 35.5. The van der Waals surface area contributed by atoms with E-state index < -0.39 is 11.8 Å². The number of aryl methyl sites for hydroxylation is 1. The van der Waals surface area contributed by atoms with E-state index in [1.54, 1.807) is 6.92 Å². The number of hydrogen-bond donors (Lipinski definition) is 1. The molecule has 0 saturated heterocycles. The summed E-state index contributed by atoms with van der Waals surface area (Å²) in [6, 6.07) is 4.24. The van der Waals surface area contributed by atoms with Crippen molar-refractivity contribution >= 4 is 39.7 Å². The molecule has 4 nitrogen and oxygen atoms in total. The van der Waals surface area contributed by atoms with Crippen molar-refractivity contribution in [3.05, 3.63) is 39.6 Å². The van der Waals surface area contributed by atoms with Gasteiger partial charge in [-0.2, -0.15) is 0 Å². The maximum atomic E-state index is 13.0. The van der Waals surface area contributed by atoms with Crippen molar-refractivity contribution in [3.63, 3.8) is 0 Å². The fourth-order valence-electron chi connectivity index (χ4n) is 1.43. The number of carbonyl (C=O) groups excluding carboxylic acids is 1.